The quantitative estimate of drug-likeness (QED) is 0.294. The van der Waals surface area contributed by atoms with E-state index in [1.165, 1.54) is 32.3 Å². The average molecular weight is 265 g/mol. The molecule has 1 N–H and O–H groups in total. The highest BCUT2D eigenvalue weighted by molar-refractivity contribution is 6.22. The Labute approximate surface area is 114 Å². The van der Waals surface area contributed by atoms with Crippen molar-refractivity contribution in [2.24, 2.45) is 0 Å². The summed E-state index contributed by atoms with van der Waals surface area (Å²) in [6.07, 6.45) is 0. The molecule has 4 aromatic carbocycles. The van der Waals surface area contributed by atoms with Crippen molar-refractivity contribution in [3.63, 3.8) is 0 Å². The summed E-state index contributed by atoms with van der Waals surface area (Å²) in [7, 11) is 0. The molecule has 0 bridgehead atoms. The van der Waals surface area contributed by atoms with E-state index in [2.05, 4.69) is 60.7 Å². The zero-order valence-electron chi connectivity index (χ0n) is 10.5. The molecule has 0 radical (unpaired) electrons. The first-order chi connectivity index (χ1) is 9.66. The van der Waals surface area contributed by atoms with Gasteiger partial charge in [0.15, 0.2) is 0 Å². The second-order valence-electron chi connectivity index (χ2n) is 4.53. The van der Waals surface area contributed by atoms with E-state index in [9.17, 15) is 0 Å². The fraction of sp³-hybridized carbons (Fsp3) is 0. The molecule has 4 aromatic rings. The van der Waals surface area contributed by atoms with Crippen LogP contribution in [0, 0.1) is 10.1 Å². The summed E-state index contributed by atoms with van der Waals surface area (Å²) < 4.78 is 0. The molecule has 4 heteroatoms. The molecule has 0 aromatic heterocycles. The Kier molecular flexibility index (Phi) is 2.84. The normalized spacial score (nSPS) is 10.6. The number of nitrogens with zero attached hydrogens (tertiary/aromatic N) is 1. The van der Waals surface area contributed by atoms with Crippen LogP contribution < -0.4 is 0 Å². The van der Waals surface area contributed by atoms with Crippen molar-refractivity contribution >= 4 is 32.3 Å². The molecule has 0 saturated carbocycles. The van der Waals surface area contributed by atoms with Crippen molar-refractivity contribution in [1.82, 2.24) is 0 Å². The van der Waals surface area contributed by atoms with Gasteiger partial charge in [-0.05, 0) is 32.3 Å². The fourth-order valence-electron chi connectivity index (χ4n) is 2.67. The van der Waals surface area contributed by atoms with Crippen LogP contribution in [0.25, 0.3) is 32.3 Å². The first-order valence-corrected chi connectivity index (χ1v) is 6.12. The van der Waals surface area contributed by atoms with Crippen molar-refractivity contribution in [2.45, 2.75) is 0 Å². The van der Waals surface area contributed by atoms with Gasteiger partial charge in [-0.3, -0.25) is 0 Å². The van der Waals surface area contributed by atoms with Crippen LogP contribution in [0.1, 0.15) is 0 Å². The topological polar surface area (TPSA) is 63.4 Å². The molecule has 0 saturated heterocycles. The summed E-state index contributed by atoms with van der Waals surface area (Å²) in [5.74, 6) is 0. The van der Waals surface area contributed by atoms with Crippen molar-refractivity contribution in [2.75, 3.05) is 0 Å². The highest BCUT2D eigenvalue weighted by Crippen LogP contribution is 2.33. The number of hydrogen-bond acceptors (Lipinski definition) is 2. The van der Waals surface area contributed by atoms with Gasteiger partial charge < -0.3 is 5.21 Å². The van der Waals surface area contributed by atoms with Crippen LogP contribution in [0.5, 0.6) is 0 Å². The highest BCUT2D eigenvalue weighted by Gasteiger charge is 2.05. The lowest BCUT2D eigenvalue weighted by Crippen LogP contribution is -1.82. The third kappa shape index (κ3) is 1.97. The summed E-state index contributed by atoms with van der Waals surface area (Å²) in [6, 6.07) is 21.9. The molecule has 4 rings (SSSR count). The molecule has 98 valence electrons. The molecule has 0 aliphatic carbocycles. The first kappa shape index (κ1) is 12.2. The zero-order chi connectivity index (χ0) is 14.1. The highest BCUT2D eigenvalue weighted by atomic mass is 16.9. The Hall–Kier alpha value is -2.88. The molecule has 0 heterocycles. The van der Waals surface area contributed by atoms with Crippen LogP contribution in [-0.4, -0.2) is 10.3 Å². The maximum atomic E-state index is 8.36. The van der Waals surface area contributed by atoms with Gasteiger partial charge in [-0.15, -0.1) is 10.1 Å². The van der Waals surface area contributed by atoms with E-state index in [1.807, 2.05) is 0 Å². The van der Waals surface area contributed by atoms with Gasteiger partial charge in [0, 0.05) is 0 Å². The van der Waals surface area contributed by atoms with E-state index < -0.39 is 5.09 Å². The number of hydrogen-bond donors (Lipinski definition) is 1. The van der Waals surface area contributed by atoms with Crippen molar-refractivity contribution in [3.8, 4) is 0 Å². The SMILES string of the molecule is O=[N+]([O-])O.c1cc2ccc3cccc4ccc(c1)c2c34. The van der Waals surface area contributed by atoms with Crippen LogP contribution in [0.4, 0.5) is 0 Å². The van der Waals surface area contributed by atoms with E-state index in [-0.39, 0.29) is 0 Å². The minimum atomic E-state index is -1.50. The van der Waals surface area contributed by atoms with Gasteiger partial charge >= 0.3 is 0 Å². The largest absolute Gasteiger partial charge is 0.328 e. The Balaban J connectivity index is 0.000000272. The molecular weight excluding hydrogens is 254 g/mol. The predicted molar refractivity (Wildman–Crippen MR) is 78.9 cm³/mol. The fourth-order valence-corrected chi connectivity index (χ4v) is 2.67. The minimum absolute atomic E-state index is 1.34. The van der Waals surface area contributed by atoms with Gasteiger partial charge in [-0.25, -0.2) is 0 Å². The molecule has 4 nitrogen and oxygen atoms in total. The lowest BCUT2D eigenvalue weighted by molar-refractivity contribution is -0.742. The third-order valence-electron chi connectivity index (χ3n) is 3.39. The molecule has 0 aliphatic heterocycles. The molecule has 0 amide bonds. The van der Waals surface area contributed by atoms with Crippen LogP contribution >= 0.6 is 0 Å². The van der Waals surface area contributed by atoms with Gasteiger partial charge in [0.25, 0.3) is 5.09 Å². The van der Waals surface area contributed by atoms with Gasteiger partial charge in [0.05, 0.1) is 0 Å². The second-order valence-corrected chi connectivity index (χ2v) is 4.53. The van der Waals surface area contributed by atoms with Crippen molar-refractivity contribution < 1.29 is 10.3 Å². The molecule has 0 aliphatic rings. The van der Waals surface area contributed by atoms with Gasteiger partial charge in [0.2, 0.25) is 0 Å². The summed E-state index contributed by atoms with van der Waals surface area (Å²) in [5, 5.41) is 21.8. The number of benzene rings is 4. The Morgan fingerprint density at radius 3 is 1.20 bits per heavy atom. The number of rotatable bonds is 0. The maximum Gasteiger partial charge on any atom is 0.291 e. The lowest BCUT2D eigenvalue weighted by atomic mass is 9.95. The van der Waals surface area contributed by atoms with E-state index in [1.54, 1.807) is 0 Å². The molecule has 0 fully saturated rings. The van der Waals surface area contributed by atoms with E-state index in [0.29, 0.717) is 0 Å². The van der Waals surface area contributed by atoms with Crippen LogP contribution in [0.2, 0.25) is 0 Å². The Morgan fingerprint density at radius 1 is 0.700 bits per heavy atom. The molecular formula is C16H11NO3. The van der Waals surface area contributed by atoms with Gasteiger partial charge in [0.1, 0.15) is 0 Å². The maximum absolute atomic E-state index is 8.36. The second kappa shape index (κ2) is 4.66. The monoisotopic (exact) mass is 265 g/mol. The summed E-state index contributed by atoms with van der Waals surface area (Å²) >= 11 is 0. The van der Waals surface area contributed by atoms with E-state index in [4.69, 9.17) is 15.3 Å². The average Bonchev–Trinajstić information content (AvgIpc) is 2.44. The molecule has 0 atom stereocenters. The minimum Gasteiger partial charge on any atom is -0.328 e. The summed E-state index contributed by atoms with van der Waals surface area (Å²) in [5.41, 5.74) is 0. The summed E-state index contributed by atoms with van der Waals surface area (Å²) in [6.45, 7) is 0. The smallest absolute Gasteiger partial charge is 0.291 e. The standard InChI is InChI=1S/C16H10.HNO3/c1-3-11-7-9-13-5-2-6-14-10-8-12(4-1)15(11)16(13)14;2-1(3)4/h1-10H;(H,2,3,4). The Bertz CT molecular complexity index is 768. The summed E-state index contributed by atoms with van der Waals surface area (Å²) in [4.78, 5) is 8.36. The predicted octanol–water partition coefficient (Wildman–Crippen LogP) is 4.24. The van der Waals surface area contributed by atoms with Crippen LogP contribution in [0.15, 0.2) is 60.7 Å². The van der Waals surface area contributed by atoms with E-state index in [0.717, 1.165) is 0 Å². The van der Waals surface area contributed by atoms with Crippen molar-refractivity contribution in [1.29, 1.82) is 0 Å². The first-order valence-electron chi connectivity index (χ1n) is 6.12. The van der Waals surface area contributed by atoms with Gasteiger partial charge in [-0.2, -0.15) is 0 Å². The zero-order valence-corrected chi connectivity index (χ0v) is 10.5. The van der Waals surface area contributed by atoms with Crippen LogP contribution in [-0.2, 0) is 0 Å². The molecule has 0 spiro atoms. The molecule has 20 heavy (non-hydrogen) atoms. The van der Waals surface area contributed by atoms with E-state index >= 15 is 0 Å². The lowest BCUT2D eigenvalue weighted by Gasteiger charge is -2.09. The molecule has 0 unspecified atom stereocenters. The Morgan fingerprint density at radius 2 is 0.950 bits per heavy atom. The van der Waals surface area contributed by atoms with Crippen LogP contribution in [0.3, 0.4) is 0 Å². The third-order valence-corrected chi connectivity index (χ3v) is 3.39. The van der Waals surface area contributed by atoms with Crippen molar-refractivity contribution in [3.05, 3.63) is 70.8 Å². The van der Waals surface area contributed by atoms with Gasteiger partial charge in [-0.1, -0.05) is 60.7 Å².